The number of carbonyl (C=O) groups excluding carboxylic acids is 1. The van der Waals surface area contributed by atoms with Gasteiger partial charge in [-0.15, -0.1) is 0 Å². The van der Waals surface area contributed by atoms with E-state index < -0.39 is 6.04 Å². The summed E-state index contributed by atoms with van der Waals surface area (Å²) >= 11 is 0. The van der Waals surface area contributed by atoms with Crippen LogP contribution in [0.25, 0.3) is 0 Å². The van der Waals surface area contributed by atoms with Crippen LogP contribution in [0.1, 0.15) is 26.2 Å². The van der Waals surface area contributed by atoms with Crippen LogP contribution < -0.4 is 15.8 Å². The Labute approximate surface area is 101 Å². The molecular formula is C12H19N3O2. The molecule has 1 rings (SSSR count). The summed E-state index contributed by atoms with van der Waals surface area (Å²) in [5.41, 5.74) is 6.32. The van der Waals surface area contributed by atoms with Crippen molar-refractivity contribution < 1.29 is 9.53 Å². The second-order valence-electron chi connectivity index (χ2n) is 3.80. The number of anilines is 1. The zero-order valence-corrected chi connectivity index (χ0v) is 10.3. The van der Waals surface area contributed by atoms with E-state index in [4.69, 9.17) is 10.5 Å². The van der Waals surface area contributed by atoms with Gasteiger partial charge < -0.3 is 15.8 Å². The first kappa shape index (κ1) is 13.4. The van der Waals surface area contributed by atoms with Gasteiger partial charge in [-0.05, 0) is 18.6 Å². The molecule has 1 aromatic rings. The fourth-order valence-electron chi connectivity index (χ4n) is 1.43. The molecule has 3 N–H and O–H groups in total. The smallest absolute Gasteiger partial charge is 0.241 e. The Kier molecular flexibility index (Phi) is 5.42. The topological polar surface area (TPSA) is 77.2 Å². The van der Waals surface area contributed by atoms with Gasteiger partial charge in [-0.1, -0.05) is 19.8 Å². The molecule has 1 atom stereocenters. The average molecular weight is 237 g/mol. The van der Waals surface area contributed by atoms with E-state index in [0.29, 0.717) is 18.0 Å². The first-order valence-corrected chi connectivity index (χ1v) is 5.74. The Morgan fingerprint density at radius 2 is 2.41 bits per heavy atom. The third-order valence-electron chi connectivity index (χ3n) is 2.43. The summed E-state index contributed by atoms with van der Waals surface area (Å²) in [4.78, 5) is 15.8. The van der Waals surface area contributed by atoms with Crippen molar-refractivity contribution in [3.05, 3.63) is 18.3 Å². The van der Waals surface area contributed by atoms with Gasteiger partial charge in [0, 0.05) is 6.20 Å². The summed E-state index contributed by atoms with van der Waals surface area (Å²) in [5, 5.41) is 2.72. The van der Waals surface area contributed by atoms with E-state index in [1.165, 1.54) is 7.11 Å². The fourth-order valence-corrected chi connectivity index (χ4v) is 1.43. The molecule has 17 heavy (non-hydrogen) atoms. The summed E-state index contributed by atoms with van der Waals surface area (Å²) in [6.45, 7) is 2.06. The van der Waals surface area contributed by atoms with E-state index >= 15 is 0 Å². The molecule has 1 heterocycles. The lowest BCUT2D eigenvalue weighted by molar-refractivity contribution is -0.117. The van der Waals surface area contributed by atoms with Crippen molar-refractivity contribution >= 4 is 11.6 Å². The fraction of sp³-hybridized carbons (Fsp3) is 0.500. The highest BCUT2D eigenvalue weighted by Crippen LogP contribution is 2.19. The molecule has 0 radical (unpaired) electrons. The van der Waals surface area contributed by atoms with Gasteiger partial charge in [-0.3, -0.25) is 4.79 Å². The Bertz CT molecular complexity index is 369. The molecule has 5 nitrogen and oxygen atoms in total. The third-order valence-corrected chi connectivity index (χ3v) is 2.43. The summed E-state index contributed by atoms with van der Waals surface area (Å²) in [5.74, 6) is 0.188. The molecule has 1 amide bonds. The van der Waals surface area contributed by atoms with Crippen molar-refractivity contribution in [3.8, 4) is 5.88 Å². The lowest BCUT2D eigenvalue weighted by Gasteiger charge is -2.13. The standard InChI is InChI=1S/C12H19N3O2/c1-3-4-6-9(13)11(16)15-10-7-5-8-14-12(10)17-2/h5,7-9H,3-4,6,13H2,1-2H3,(H,15,16)/t9-/m0/s1. The van der Waals surface area contributed by atoms with Gasteiger partial charge in [0.15, 0.2) is 0 Å². The van der Waals surface area contributed by atoms with Crippen molar-refractivity contribution in [1.82, 2.24) is 4.98 Å². The third kappa shape index (κ3) is 4.03. The van der Waals surface area contributed by atoms with E-state index in [-0.39, 0.29) is 5.91 Å². The Morgan fingerprint density at radius 1 is 1.65 bits per heavy atom. The zero-order chi connectivity index (χ0) is 12.7. The van der Waals surface area contributed by atoms with Crippen LogP contribution in [0.3, 0.4) is 0 Å². The Hall–Kier alpha value is -1.62. The molecule has 0 aliphatic rings. The lowest BCUT2D eigenvalue weighted by Crippen LogP contribution is -2.35. The highest BCUT2D eigenvalue weighted by molar-refractivity contribution is 5.95. The van der Waals surface area contributed by atoms with E-state index in [2.05, 4.69) is 17.2 Å². The predicted molar refractivity (Wildman–Crippen MR) is 66.9 cm³/mol. The number of nitrogens with one attached hydrogen (secondary N) is 1. The maximum atomic E-state index is 11.8. The average Bonchev–Trinajstić information content (AvgIpc) is 2.36. The van der Waals surface area contributed by atoms with E-state index in [0.717, 1.165) is 12.8 Å². The monoisotopic (exact) mass is 237 g/mol. The van der Waals surface area contributed by atoms with Crippen LogP contribution in [-0.4, -0.2) is 24.0 Å². The number of aromatic nitrogens is 1. The van der Waals surface area contributed by atoms with Gasteiger partial charge in [0.05, 0.1) is 13.2 Å². The van der Waals surface area contributed by atoms with Gasteiger partial charge >= 0.3 is 0 Å². The number of methoxy groups -OCH3 is 1. The molecule has 0 aliphatic heterocycles. The minimum atomic E-state index is -0.486. The van der Waals surface area contributed by atoms with Crippen molar-refractivity contribution in [2.75, 3.05) is 12.4 Å². The first-order valence-electron chi connectivity index (χ1n) is 5.74. The number of carbonyl (C=O) groups is 1. The summed E-state index contributed by atoms with van der Waals surface area (Å²) in [7, 11) is 1.51. The number of unbranched alkanes of at least 4 members (excludes halogenated alkanes) is 1. The number of rotatable bonds is 6. The molecule has 0 saturated heterocycles. The first-order chi connectivity index (χ1) is 8.19. The number of amides is 1. The minimum absolute atomic E-state index is 0.204. The van der Waals surface area contributed by atoms with Crippen LogP contribution in [0.2, 0.25) is 0 Å². The lowest BCUT2D eigenvalue weighted by atomic mass is 10.1. The normalized spacial score (nSPS) is 11.9. The molecule has 5 heteroatoms. The molecule has 0 spiro atoms. The molecule has 0 bridgehead atoms. The van der Waals surface area contributed by atoms with Crippen LogP contribution in [0, 0.1) is 0 Å². The summed E-state index contributed by atoms with van der Waals surface area (Å²) < 4.78 is 5.04. The molecule has 0 unspecified atom stereocenters. The molecule has 94 valence electrons. The van der Waals surface area contributed by atoms with Crippen LogP contribution >= 0.6 is 0 Å². The highest BCUT2D eigenvalue weighted by atomic mass is 16.5. The maximum Gasteiger partial charge on any atom is 0.241 e. The van der Waals surface area contributed by atoms with E-state index in [1.54, 1.807) is 18.3 Å². The van der Waals surface area contributed by atoms with E-state index in [1.807, 2.05) is 0 Å². The number of nitrogens with zero attached hydrogens (tertiary/aromatic N) is 1. The molecule has 0 aromatic carbocycles. The molecular weight excluding hydrogens is 218 g/mol. The van der Waals surface area contributed by atoms with Crippen molar-refractivity contribution in [3.63, 3.8) is 0 Å². The van der Waals surface area contributed by atoms with Crippen LogP contribution in [0.15, 0.2) is 18.3 Å². The number of pyridine rings is 1. The van der Waals surface area contributed by atoms with Gasteiger partial charge in [0.25, 0.3) is 0 Å². The molecule has 0 aliphatic carbocycles. The minimum Gasteiger partial charge on any atom is -0.480 e. The van der Waals surface area contributed by atoms with Crippen LogP contribution in [0.4, 0.5) is 5.69 Å². The van der Waals surface area contributed by atoms with Gasteiger partial charge in [0.2, 0.25) is 11.8 Å². The zero-order valence-electron chi connectivity index (χ0n) is 10.3. The highest BCUT2D eigenvalue weighted by Gasteiger charge is 2.14. The van der Waals surface area contributed by atoms with Gasteiger partial charge in [-0.25, -0.2) is 4.98 Å². The number of nitrogens with two attached hydrogens (primary N) is 1. The Morgan fingerprint density at radius 3 is 3.06 bits per heavy atom. The largest absolute Gasteiger partial charge is 0.480 e. The van der Waals surface area contributed by atoms with Crippen molar-refractivity contribution in [2.24, 2.45) is 5.73 Å². The molecule has 1 aromatic heterocycles. The SMILES string of the molecule is CCCC[C@H](N)C(=O)Nc1cccnc1OC. The number of ether oxygens (including phenoxy) is 1. The second-order valence-corrected chi connectivity index (χ2v) is 3.80. The summed E-state index contributed by atoms with van der Waals surface area (Å²) in [6.07, 6.45) is 4.26. The predicted octanol–water partition coefficient (Wildman–Crippen LogP) is 1.55. The summed E-state index contributed by atoms with van der Waals surface area (Å²) in [6, 6.07) is 2.98. The van der Waals surface area contributed by atoms with Crippen LogP contribution in [-0.2, 0) is 4.79 Å². The second kappa shape index (κ2) is 6.85. The Balaban J connectivity index is 2.61. The van der Waals surface area contributed by atoms with Gasteiger partial charge in [-0.2, -0.15) is 0 Å². The van der Waals surface area contributed by atoms with Gasteiger partial charge in [0.1, 0.15) is 5.69 Å². The van der Waals surface area contributed by atoms with Crippen LogP contribution in [0.5, 0.6) is 5.88 Å². The van der Waals surface area contributed by atoms with Crippen molar-refractivity contribution in [2.45, 2.75) is 32.2 Å². The maximum absolute atomic E-state index is 11.8. The molecule has 0 saturated carbocycles. The molecule has 0 fully saturated rings. The number of hydrogen-bond donors (Lipinski definition) is 2. The van der Waals surface area contributed by atoms with E-state index in [9.17, 15) is 4.79 Å². The van der Waals surface area contributed by atoms with Crippen molar-refractivity contribution in [1.29, 1.82) is 0 Å². The number of hydrogen-bond acceptors (Lipinski definition) is 4. The quantitative estimate of drug-likeness (QED) is 0.787.